The topological polar surface area (TPSA) is 19.6 Å². The summed E-state index contributed by atoms with van der Waals surface area (Å²) in [6.07, 6.45) is 0. The fourth-order valence-corrected chi connectivity index (χ4v) is 13.6. The van der Waals surface area contributed by atoms with Crippen LogP contribution in [0.4, 0.5) is 34.1 Å². The van der Waals surface area contributed by atoms with Crippen LogP contribution in [0.25, 0.3) is 97.0 Å². The molecule has 0 bridgehead atoms. The summed E-state index contributed by atoms with van der Waals surface area (Å²) < 4.78 is 9.29. The van der Waals surface area contributed by atoms with Crippen molar-refractivity contribution in [3.63, 3.8) is 0 Å². The molecule has 0 spiro atoms. The lowest BCUT2D eigenvalue weighted by atomic mass is 9.82. The average Bonchev–Trinajstić information content (AvgIpc) is 4.12. The van der Waals surface area contributed by atoms with E-state index in [1.165, 1.54) is 69.5 Å². The highest BCUT2D eigenvalue weighted by Crippen LogP contribution is 2.52. The summed E-state index contributed by atoms with van der Waals surface area (Å²) in [4.78, 5) is 4.79. The van der Waals surface area contributed by atoms with Crippen molar-refractivity contribution in [3.05, 3.63) is 266 Å². The Morgan fingerprint density at radius 2 is 0.947 bits per heavy atom. The normalized spacial score (nSPS) is 12.8. The zero-order chi connectivity index (χ0) is 49.8. The molecule has 0 N–H and O–H groups in total. The molecule has 0 saturated heterocycles. The zero-order valence-electron chi connectivity index (χ0n) is 41.5. The Kier molecular flexibility index (Phi) is 9.79. The lowest BCUT2D eigenvalue weighted by Gasteiger charge is -2.28. The predicted molar refractivity (Wildman–Crippen MR) is 319 cm³/mol. The largest absolute Gasteiger partial charge is 0.454 e. The van der Waals surface area contributed by atoms with Crippen LogP contribution >= 0.6 is 11.3 Å². The summed E-state index contributed by atoms with van der Waals surface area (Å²) in [5.41, 5.74) is 18.2. The van der Waals surface area contributed by atoms with Crippen LogP contribution in [0.2, 0.25) is 0 Å². The van der Waals surface area contributed by atoms with Gasteiger partial charge in [-0.3, -0.25) is 0 Å². The molecule has 354 valence electrons. The monoisotopic (exact) mass is 976 g/mol. The van der Waals surface area contributed by atoms with Crippen molar-refractivity contribution < 1.29 is 4.42 Å². The van der Waals surface area contributed by atoms with Gasteiger partial charge in [0.05, 0.1) is 11.4 Å². The summed E-state index contributed by atoms with van der Waals surface area (Å²) >= 11 is 1.90. The molecule has 15 rings (SSSR count). The van der Waals surface area contributed by atoms with Gasteiger partial charge in [-0.15, -0.1) is 11.3 Å². The van der Waals surface area contributed by atoms with Crippen LogP contribution in [0.15, 0.2) is 259 Å². The third-order valence-corrected chi connectivity index (χ3v) is 17.0. The maximum Gasteiger partial charge on any atom is 0.159 e. The smallest absolute Gasteiger partial charge is 0.159 e. The van der Waals surface area contributed by atoms with E-state index in [-0.39, 0.29) is 5.41 Å². The van der Waals surface area contributed by atoms with Crippen LogP contribution in [0.5, 0.6) is 0 Å². The second-order valence-electron chi connectivity index (χ2n) is 20.4. The second-order valence-corrected chi connectivity index (χ2v) is 21.4. The van der Waals surface area contributed by atoms with Crippen LogP contribution in [-0.4, -0.2) is 0 Å². The average molecular weight is 977 g/mol. The van der Waals surface area contributed by atoms with Gasteiger partial charge in [0.15, 0.2) is 5.58 Å². The number of rotatable bonds is 8. The number of thiophene rings is 1. The number of anilines is 6. The lowest BCUT2D eigenvalue weighted by molar-refractivity contribution is 0.660. The van der Waals surface area contributed by atoms with E-state index < -0.39 is 0 Å². The molecule has 2 heterocycles. The first-order valence-electron chi connectivity index (χ1n) is 25.8. The number of hydrogen-bond acceptors (Lipinski definition) is 4. The molecule has 2 aromatic heterocycles. The third kappa shape index (κ3) is 6.80. The summed E-state index contributed by atoms with van der Waals surface area (Å²) in [7, 11) is 0. The number of para-hydroxylation sites is 4. The fourth-order valence-electron chi connectivity index (χ4n) is 12.3. The van der Waals surface area contributed by atoms with Gasteiger partial charge >= 0.3 is 0 Å². The quantitative estimate of drug-likeness (QED) is 0.142. The van der Waals surface area contributed by atoms with Gasteiger partial charge in [-0.05, 0) is 128 Å². The molecule has 0 fully saturated rings. The first kappa shape index (κ1) is 43.4. The molecule has 75 heavy (non-hydrogen) atoms. The summed E-state index contributed by atoms with van der Waals surface area (Å²) in [5, 5.41) is 9.88. The standard InChI is InChI=1S/C71H48N2OS/c1-71(2)62-28-14-11-24-54(62)55-40-37-50(43-63(55)71)72(48-20-7-4-8-21-48)51-38-41-60-67(44-51)75-70-59-39-34-47(42-61(59)53-23-9-10-26-57(53)68(60)70)45-32-35-49(36-33-45)73(64-29-15-12-22-52(64)46-18-5-3-6-19-46)65-30-17-27-58-56-25-13-16-31-66(56)74-69(58)65/h3-44H,1-2H3. The molecular formula is C71H48N2OS. The van der Waals surface area contributed by atoms with E-state index in [4.69, 9.17) is 4.42 Å². The Balaban J connectivity index is 0.846. The van der Waals surface area contributed by atoms with Crippen LogP contribution < -0.4 is 9.80 Å². The molecule has 4 heteroatoms. The van der Waals surface area contributed by atoms with Crippen LogP contribution in [0.1, 0.15) is 25.0 Å². The first-order chi connectivity index (χ1) is 37.0. The molecule has 0 unspecified atom stereocenters. The Morgan fingerprint density at radius 1 is 0.347 bits per heavy atom. The van der Waals surface area contributed by atoms with E-state index >= 15 is 0 Å². The van der Waals surface area contributed by atoms with E-state index in [1.54, 1.807) is 0 Å². The number of furan rings is 1. The van der Waals surface area contributed by atoms with E-state index in [0.29, 0.717) is 0 Å². The highest BCUT2D eigenvalue weighted by atomic mass is 32.1. The number of nitrogens with zero attached hydrogens (tertiary/aromatic N) is 2. The molecule has 0 atom stereocenters. The minimum Gasteiger partial charge on any atom is -0.454 e. The van der Waals surface area contributed by atoms with Crippen LogP contribution in [0, 0.1) is 0 Å². The highest BCUT2D eigenvalue weighted by molar-refractivity contribution is 7.27. The fraction of sp³-hybridized carbons (Fsp3) is 0.0423. The summed E-state index contributed by atoms with van der Waals surface area (Å²) in [6.45, 7) is 4.72. The highest BCUT2D eigenvalue weighted by Gasteiger charge is 2.36. The molecule has 3 nitrogen and oxygen atoms in total. The van der Waals surface area contributed by atoms with Gasteiger partial charge in [0.1, 0.15) is 5.58 Å². The second kappa shape index (κ2) is 16.9. The van der Waals surface area contributed by atoms with Crippen LogP contribution in [0.3, 0.4) is 0 Å². The number of fused-ring (bicyclic) bond motifs is 14. The van der Waals surface area contributed by atoms with E-state index in [9.17, 15) is 0 Å². The molecule has 1 aliphatic rings. The van der Waals surface area contributed by atoms with E-state index in [1.807, 2.05) is 17.4 Å². The minimum atomic E-state index is -0.103. The molecular weight excluding hydrogens is 929 g/mol. The minimum absolute atomic E-state index is 0.103. The molecule has 1 aliphatic carbocycles. The van der Waals surface area contributed by atoms with Crippen molar-refractivity contribution in [3.8, 4) is 33.4 Å². The third-order valence-electron chi connectivity index (χ3n) is 15.8. The van der Waals surface area contributed by atoms with Gasteiger partial charge in [0, 0.05) is 70.1 Å². The maximum absolute atomic E-state index is 6.71. The summed E-state index contributed by atoms with van der Waals surface area (Å²) in [6, 6.07) is 93.1. The number of benzene rings is 12. The molecule has 0 amide bonds. The molecule has 0 aliphatic heterocycles. The van der Waals surface area contributed by atoms with Gasteiger partial charge in [0.25, 0.3) is 0 Å². The summed E-state index contributed by atoms with van der Waals surface area (Å²) in [5.74, 6) is 0. The Bertz CT molecular complexity index is 4570. The Hall–Kier alpha value is -9.22. The van der Waals surface area contributed by atoms with Gasteiger partial charge in [0.2, 0.25) is 0 Å². The van der Waals surface area contributed by atoms with Crippen molar-refractivity contribution in [2.45, 2.75) is 19.3 Å². The molecule has 0 radical (unpaired) electrons. The van der Waals surface area contributed by atoms with Crippen molar-refractivity contribution in [1.29, 1.82) is 0 Å². The SMILES string of the molecule is CC1(C)c2ccccc2-c2ccc(N(c3ccccc3)c3ccc4c(c3)sc3c5ccc(-c6ccc(N(c7ccccc7-c7ccccc7)c7cccc8c7oc7ccccc78)cc6)cc5c5ccccc5c43)cc21. The van der Waals surface area contributed by atoms with Crippen molar-refractivity contribution in [1.82, 2.24) is 0 Å². The van der Waals surface area contributed by atoms with Gasteiger partial charge in [-0.25, -0.2) is 0 Å². The Labute approximate surface area is 439 Å². The van der Waals surface area contributed by atoms with E-state index in [2.05, 4.69) is 272 Å². The Morgan fingerprint density at radius 3 is 1.79 bits per heavy atom. The molecule has 12 aromatic carbocycles. The lowest BCUT2D eigenvalue weighted by Crippen LogP contribution is -2.16. The van der Waals surface area contributed by atoms with Gasteiger partial charge in [-0.2, -0.15) is 0 Å². The maximum atomic E-state index is 6.71. The van der Waals surface area contributed by atoms with Crippen LogP contribution in [-0.2, 0) is 5.41 Å². The van der Waals surface area contributed by atoms with E-state index in [0.717, 1.165) is 72.8 Å². The number of hydrogen-bond donors (Lipinski definition) is 0. The van der Waals surface area contributed by atoms with Gasteiger partial charge < -0.3 is 14.2 Å². The van der Waals surface area contributed by atoms with Gasteiger partial charge in [-0.1, -0.05) is 196 Å². The molecule has 14 aromatic rings. The van der Waals surface area contributed by atoms with Crippen molar-refractivity contribution in [2.75, 3.05) is 9.80 Å². The molecule has 0 saturated carbocycles. The predicted octanol–water partition coefficient (Wildman–Crippen LogP) is 20.8. The zero-order valence-corrected chi connectivity index (χ0v) is 42.3. The van der Waals surface area contributed by atoms with Crippen molar-refractivity contribution in [2.24, 2.45) is 0 Å². The van der Waals surface area contributed by atoms with Crippen molar-refractivity contribution >= 4 is 109 Å². The first-order valence-corrected chi connectivity index (χ1v) is 26.6.